The summed E-state index contributed by atoms with van der Waals surface area (Å²) in [6.07, 6.45) is 1.27. The molecule has 0 aliphatic carbocycles. The van der Waals surface area contributed by atoms with Gasteiger partial charge in [0.1, 0.15) is 5.75 Å². The number of para-hydroxylation sites is 1. The first-order valence-corrected chi connectivity index (χ1v) is 11.2. The van der Waals surface area contributed by atoms with Crippen molar-refractivity contribution >= 4 is 39.4 Å². The highest BCUT2D eigenvalue weighted by Crippen LogP contribution is 2.26. The third-order valence-electron chi connectivity index (χ3n) is 3.07. The van der Waals surface area contributed by atoms with Gasteiger partial charge in [-0.25, -0.2) is 0 Å². The summed E-state index contributed by atoms with van der Waals surface area (Å²) in [6, 6.07) is 6.74. The molecule has 26 heavy (non-hydrogen) atoms. The lowest BCUT2D eigenvalue weighted by Crippen LogP contribution is -2.36. The molecule has 1 aromatic rings. The Morgan fingerprint density at radius 1 is 1.42 bits per heavy atom. The van der Waals surface area contributed by atoms with Gasteiger partial charge in [-0.3, -0.25) is 4.79 Å². The van der Waals surface area contributed by atoms with Crippen molar-refractivity contribution in [3.63, 3.8) is 0 Å². The number of benzene rings is 1. The van der Waals surface area contributed by atoms with Crippen LogP contribution >= 0.6 is 33.5 Å². The highest BCUT2D eigenvalue weighted by Gasteiger charge is 2.22. The molecule has 1 atom stereocenters. The third-order valence-corrected chi connectivity index (χ3v) is 6.13. The van der Waals surface area contributed by atoms with E-state index >= 15 is 0 Å². The number of carbonyl (C=O) groups excluding carboxylic acids is 1. The van der Waals surface area contributed by atoms with Crippen LogP contribution in [0.2, 0.25) is 0 Å². The van der Waals surface area contributed by atoms with Crippen molar-refractivity contribution in [3.05, 3.63) is 47.4 Å². The molecule has 0 aromatic heterocycles. The maximum absolute atomic E-state index is 12.4. The van der Waals surface area contributed by atoms with E-state index in [1.54, 1.807) is 45.9 Å². The molecule has 6 nitrogen and oxygen atoms in total. The normalized spacial score (nSPS) is 12.3. The zero-order valence-corrected chi connectivity index (χ0v) is 17.3. The number of nitrogens with zero attached hydrogens (tertiary/aromatic N) is 1. The van der Waals surface area contributed by atoms with Crippen LogP contribution in [0.3, 0.4) is 0 Å². The van der Waals surface area contributed by atoms with Crippen molar-refractivity contribution in [2.45, 2.75) is 31.3 Å². The largest absolute Gasteiger partial charge is 0.464 e. The summed E-state index contributed by atoms with van der Waals surface area (Å²) in [6.45, 7) is 7.55. The number of aliphatic hydroxyl groups excluding tert-OH is 1. The molecular formula is C17H24N2O4S3. The fourth-order valence-corrected chi connectivity index (χ4v) is 3.95. The molecule has 0 radical (unpaired) electrons. The maximum Gasteiger partial charge on any atom is 0.255 e. The highest BCUT2D eigenvalue weighted by molar-refractivity contribution is 8.76. The van der Waals surface area contributed by atoms with Gasteiger partial charge in [0, 0.05) is 41.0 Å². The summed E-state index contributed by atoms with van der Waals surface area (Å²) in [5.41, 5.74) is 0.333. The Hall–Kier alpha value is -1.16. The average molecular weight is 417 g/mol. The maximum atomic E-state index is 12.4. The number of nitroso groups, excluding NO2 is 1. The number of hydrogen-bond donors (Lipinski definition) is 2. The van der Waals surface area contributed by atoms with Crippen LogP contribution in [0, 0.1) is 4.91 Å². The summed E-state index contributed by atoms with van der Waals surface area (Å²) >= 11 is 0.873. The van der Waals surface area contributed by atoms with Gasteiger partial charge in [0.2, 0.25) is 0 Å². The zero-order valence-electron chi connectivity index (χ0n) is 14.8. The number of hydrogen-bond acceptors (Lipinski definition) is 8. The van der Waals surface area contributed by atoms with Gasteiger partial charge in [0.25, 0.3) is 5.91 Å². The van der Waals surface area contributed by atoms with Gasteiger partial charge >= 0.3 is 0 Å². The minimum atomic E-state index is -0.993. The van der Waals surface area contributed by atoms with E-state index in [0.29, 0.717) is 17.7 Å². The molecule has 0 saturated heterocycles. The van der Waals surface area contributed by atoms with Crippen LogP contribution < -0.4 is 10.1 Å². The topological polar surface area (TPSA) is 88.0 Å². The van der Waals surface area contributed by atoms with Crippen molar-refractivity contribution in [2.75, 3.05) is 18.1 Å². The highest BCUT2D eigenvalue weighted by atomic mass is 33.1. The Balaban J connectivity index is 2.59. The predicted octanol–water partition coefficient (Wildman–Crippen LogP) is 4.26. The Kier molecular flexibility index (Phi) is 10.8. The quantitative estimate of drug-likeness (QED) is 0.124. The molecule has 1 aromatic carbocycles. The number of ether oxygens (including phenoxy) is 1. The van der Waals surface area contributed by atoms with Crippen molar-refractivity contribution in [3.8, 4) is 5.75 Å². The summed E-state index contributed by atoms with van der Waals surface area (Å²) in [4.78, 5) is 22.8. The van der Waals surface area contributed by atoms with Gasteiger partial charge in [-0.2, -0.15) is 0 Å². The second kappa shape index (κ2) is 12.3. The van der Waals surface area contributed by atoms with Crippen LogP contribution in [0.25, 0.3) is 0 Å². The van der Waals surface area contributed by atoms with Crippen LogP contribution in [-0.4, -0.2) is 40.1 Å². The molecule has 0 aliphatic heterocycles. The third kappa shape index (κ3) is 8.98. The molecule has 0 saturated carbocycles. The van der Waals surface area contributed by atoms with E-state index in [2.05, 4.69) is 16.5 Å². The van der Waals surface area contributed by atoms with E-state index in [4.69, 9.17) is 4.74 Å². The lowest BCUT2D eigenvalue weighted by Gasteiger charge is -2.21. The van der Waals surface area contributed by atoms with E-state index in [0.717, 1.165) is 23.5 Å². The van der Waals surface area contributed by atoms with Crippen LogP contribution in [-0.2, 0) is 0 Å². The van der Waals surface area contributed by atoms with Gasteiger partial charge in [-0.1, -0.05) is 39.8 Å². The van der Waals surface area contributed by atoms with Gasteiger partial charge in [0.15, 0.2) is 6.29 Å². The molecule has 144 valence electrons. The van der Waals surface area contributed by atoms with E-state index in [1.165, 1.54) is 0 Å². The number of amides is 1. The Labute approximate surface area is 166 Å². The lowest BCUT2D eigenvalue weighted by molar-refractivity contribution is -0.0185. The first-order chi connectivity index (χ1) is 12.4. The van der Waals surface area contributed by atoms with Gasteiger partial charge < -0.3 is 15.2 Å². The average Bonchev–Trinajstić information content (AvgIpc) is 2.60. The van der Waals surface area contributed by atoms with Crippen molar-refractivity contribution in [2.24, 2.45) is 4.58 Å². The Bertz CT molecular complexity index is 599. The van der Waals surface area contributed by atoms with Crippen molar-refractivity contribution in [1.29, 1.82) is 0 Å². The number of rotatable bonds is 13. The SMILES string of the molecule is C=CCSSCCC(O)Oc1ccccc1C(=O)NCC(C)(C)SN=O. The fraction of sp³-hybridized carbons (Fsp3) is 0.471. The predicted molar refractivity (Wildman–Crippen MR) is 113 cm³/mol. The van der Waals surface area contributed by atoms with Crippen LogP contribution in [0.1, 0.15) is 30.6 Å². The van der Waals surface area contributed by atoms with Crippen molar-refractivity contribution < 1.29 is 14.6 Å². The van der Waals surface area contributed by atoms with Crippen LogP contribution in [0.15, 0.2) is 41.5 Å². The Morgan fingerprint density at radius 3 is 2.85 bits per heavy atom. The fourth-order valence-electron chi connectivity index (χ4n) is 1.79. The molecule has 9 heteroatoms. The summed E-state index contributed by atoms with van der Waals surface area (Å²) in [5, 5.41) is 12.8. The second-order valence-electron chi connectivity index (χ2n) is 5.86. The summed E-state index contributed by atoms with van der Waals surface area (Å²) in [5.74, 6) is 1.56. The van der Waals surface area contributed by atoms with Crippen LogP contribution in [0.5, 0.6) is 5.75 Å². The number of nitrogens with one attached hydrogen (secondary N) is 1. The van der Waals surface area contributed by atoms with Crippen molar-refractivity contribution in [1.82, 2.24) is 5.32 Å². The molecule has 1 rings (SSSR count). The Morgan fingerprint density at radius 2 is 2.15 bits per heavy atom. The van der Waals surface area contributed by atoms with E-state index in [9.17, 15) is 14.8 Å². The molecule has 0 heterocycles. The minimum Gasteiger partial charge on any atom is -0.464 e. The van der Waals surface area contributed by atoms with E-state index in [-0.39, 0.29) is 12.5 Å². The van der Waals surface area contributed by atoms with Gasteiger partial charge in [0.05, 0.1) is 10.3 Å². The molecule has 0 fully saturated rings. The van der Waals surface area contributed by atoms with E-state index < -0.39 is 11.0 Å². The smallest absolute Gasteiger partial charge is 0.255 e. The second-order valence-corrected chi connectivity index (χ2v) is 9.92. The molecule has 0 bridgehead atoms. The molecule has 0 aliphatic rings. The zero-order chi connectivity index (χ0) is 19.4. The summed E-state index contributed by atoms with van der Waals surface area (Å²) < 4.78 is 7.83. The monoisotopic (exact) mass is 416 g/mol. The molecule has 1 unspecified atom stereocenters. The molecule has 1 amide bonds. The first kappa shape index (κ1) is 22.9. The lowest BCUT2D eigenvalue weighted by atomic mass is 10.1. The number of carbonyl (C=O) groups is 1. The van der Waals surface area contributed by atoms with Gasteiger partial charge in [-0.15, -0.1) is 11.5 Å². The van der Waals surface area contributed by atoms with Gasteiger partial charge in [-0.05, 0) is 26.0 Å². The van der Waals surface area contributed by atoms with E-state index in [1.807, 2.05) is 19.9 Å². The number of aliphatic hydroxyl groups is 1. The van der Waals surface area contributed by atoms with Crippen LogP contribution in [0.4, 0.5) is 0 Å². The summed E-state index contributed by atoms with van der Waals surface area (Å²) in [7, 11) is 3.29. The molecule has 2 N–H and O–H groups in total. The molecule has 0 spiro atoms. The molecular weight excluding hydrogens is 392 g/mol. The first-order valence-electron chi connectivity index (χ1n) is 7.97. The standard InChI is InChI=1S/C17H24N2O4S3/c1-4-10-24-25-11-9-15(20)23-14-8-6-5-7-13(14)16(21)18-12-17(2,3)26-19-22/h4-8,15,20H,1,9-12H2,2-3H3,(H,18,21). The minimum absolute atomic E-state index is 0.274.